The third-order valence-corrected chi connectivity index (χ3v) is 6.35. The van der Waals surface area contributed by atoms with Crippen LogP contribution in [0.25, 0.3) is 0 Å². The summed E-state index contributed by atoms with van der Waals surface area (Å²) < 4.78 is 0. The molecule has 0 bridgehead atoms. The molecule has 0 saturated heterocycles. The van der Waals surface area contributed by atoms with E-state index < -0.39 is 11.0 Å². The van der Waals surface area contributed by atoms with Gasteiger partial charge in [-0.1, -0.05) is 104 Å². The second-order valence-corrected chi connectivity index (χ2v) is 8.14. The van der Waals surface area contributed by atoms with E-state index in [1.165, 1.54) is 0 Å². The Labute approximate surface area is 177 Å². The van der Waals surface area contributed by atoms with Gasteiger partial charge in [0.05, 0.1) is 11.1 Å². The van der Waals surface area contributed by atoms with Gasteiger partial charge < -0.3 is 0 Å². The normalized spacial score (nSPS) is 21.9. The summed E-state index contributed by atoms with van der Waals surface area (Å²) in [6.07, 6.45) is 3.80. The molecule has 1 saturated carbocycles. The molecule has 1 spiro atoms. The van der Waals surface area contributed by atoms with Crippen molar-refractivity contribution in [1.82, 2.24) is 0 Å². The van der Waals surface area contributed by atoms with Gasteiger partial charge in [0.1, 0.15) is 0 Å². The smallest absolute Gasteiger partial charge is 0.205 e. The number of Topliss-reactive ketones (excluding diaryl/α,β-unsaturated/α-hetero) is 1. The molecule has 146 valence electrons. The van der Waals surface area contributed by atoms with Crippen molar-refractivity contribution in [3.8, 4) is 11.8 Å². The van der Waals surface area contributed by atoms with Crippen LogP contribution in [0, 0.1) is 17.3 Å². The molecule has 0 N–H and O–H groups in total. The van der Waals surface area contributed by atoms with E-state index in [-0.39, 0.29) is 5.78 Å². The maximum absolute atomic E-state index is 14.2. The van der Waals surface area contributed by atoms with Crippen LogP contribution in [-0.4, -0.2) is 11.5 Å². The number of carbonyl (C=O) groups is 1. The Bertz CT molecular complexity index is 1150. The van der Waals surface area contributed by atoms with E-state index >= 15 is 0 Å². The van der Waals surface area contributed by atoms with Crippen molar-refractivity contribution in [3.63, 3.8) is 0 Å². The van der Waals surface area contributed by atoms with Gasteiger partial charge in [0.2, 0.25) is 5.54 Å². The molecule has 0 radical (unpaired) electrons. The van der Waals surface area contributed by atoms with Crippen molar-refractivity contribution in [2.24, 2.45) is 10.4 Å². The maximum Gasteiger partial charge on any atom is 0.205 e. The van der Waals surface area contributed by atoms with Crippen LogP contribution in [0.4, 0.5) is 0 Å². The number of benzene rings is 3. The van der Waals surface area contributed by atoms with Crippen LogP contribution in [0.3, 0.4) is 0 Å². The molecular weight excluding hydrogens is 366 g/mol. The van der Waals surface area contributed by atoms with E-state index in [9.17, 15) is 4.79 Å². The lowest BCUT2D eigenvalue weighted by molar-refractivity contribution is -0.127. The topological polar surface area (TPSA) is 29.4 Å². The fraction of sp³-hybridized carbons (Fsp3) is 0.214. The third kappa shape index (κ3) is 2.90. The molecule has 5 rings (SSSR count). The van der Waals surface area contributed by atoms with Crippen LogP contribution in [0.2, 0.25) is 0 Å². The second kappa shape index (κ2) is 7.43. The van der Waals surface area contributed by atoms with Gasteiger partial charge in [-0.25, -0.2) is 0 Å². The highest BCUT2D eigenvalue weighted by atomic mass is 16.1. The van der Waals surface area contributed by atoms with E-state index in [2.05, 4.69) is 24.0 Å². The maximum atomic E-state index is 14.2. The highest BCUT2D eigenvalue weighted by Crippen LogP contribution is 2.52. The molecule has 0 aromatic heterocycles. The minimum Gasteiger partial charge on any atom is -0.294 e. The van der Waals surface area contributed by atoms with Gasteiger partial charge in [0.25, 0.3) is 0 Å². The minimum atomic E-state index is -1.16. The van der Waals surface area contributed by atoms with Gasteiger partial charge >= 0.3 is 0 Å². The molecule has 3 aromatic carbocycles. The Morgan fingerprint density at radius 2 is 1.30 bits per heavy atom. The zero-order chi connectivity index (χ0) is 20.4. The largest absolute Gasteiger partial charge is 0.294 e. The molecule has 1 atom stereocenters. The number of aliphatic imine (C=N–C) groups is 1. The fourth-order valence-electron chi connectivity index (χ4n) is 4.87. The van der Waals surface area contributed by atoms with Gasteiger partial charge in [0, 0.05) is 5.56 Å². The molecule has 0 amide bonds. The molecule has 30 heavy (non-hydrogen) atoms. The quantitative estimate of drug-likeness (QED) is 0.527. The van der Waals surface area contributed by atoms with Crippen molar-refractivity contribution in [2.75, 3.05) is 0 Å². The van der Waals surface area contributed by atoms with Gasteiger partial charge in [0.15, 0.2) is 5.78 Å². The molecular formula is C28H23NO. The zero-order valence-corrected chi connectivity index (χ0v) is 16.8. The highest BCUT2D eigenvalue weighted by Gasteiger charge is 2.60. The number of rotatable bonds is 2. The Morgan fingerprint density at radius 3 is 1.93 bits per heavy atom. The van der Waals surface area contributed by atoms with E-state index in [4.69, 9.17) is 4.99 Å². The molecule has 1 fully saturated rings. The summed E-state index contributed by atoms with van der Waals surface area (Å²) >= 11 is 0. The van der Waals surface area contributed by atoms with E-state index in [1.807, 2.05) is 78.9 Å². The number of ketones is 1. The summed E-state index contributed by atoms with van der Waals surface area (Å²) in [6.45, 7) is 0. The van der Waals surface area contributed by atoms with Crippen LogP contribution in [-0.2, 0) is 10.3 Å². The summed E-state index contributed by atoms with van der Waals surface area (Å²) in [5.41, 5.74) is 2.00. The number of hydrogen-bond donors (Lipinski definition) is 0. The predicted octanol–water partition coefficient (Wildman–Crippen LogP) is 5.57. The molecule has 2 heteroatoms. The molecule has 1 aliphatic carbocycles. The van der Waals surface area contributed by atoms with E-state index in [1.54, 1.807) is 0 Å². The Kier molecular flexibility index (Phi) is 4.60. The average Bonchev–Trinajstić information content (AvgIpc) is 3.40. The van der Waals surface area contributed by atoms with Crippen molar-refractivity contribution in [2.45, 2.75) is 31.2 Å². The summed E-state index contributed by atoms with van der Waals surface area (Å²) in [5.74, 6) is 6.74. The van der Waals surface area contributed by atoms with Crippen LogP contribution >= 0.6 is 0 Å². The highest BCUT2D eigenvalue weighted by molar-refractivity contribution is 6.25. The van der Waals surface area contributed by atoms with Crippen molar-refractivity contribution in [3.05, 3.63) is 108 Å². The van der Waals surface area contributed by atoms with Crippen LogP contribution < -0.4 is 0 Å². The fourth-order valence-corrected chi connectivity index (χ4v) is 4.87. The molecule has 3 aromatic rings. The molecule has 1 unspecified atom stereocenters. The van der Waals surface area contributed by atoms with E-state index in [0.29, 0.717) is 0 Å². The van der Waals surface area contributed by atoms with Gasteiger partial charge in [-0.3, -0.25) is 9.79 Å². The Balaban J connectivity index is 1.75. The Morgan fingerprint density at radius 1 is 0.733 bits per heavy atom. The lowest BCUT2D eigenvalue weighted by Crippen LogP contribution is -2.40. The summed E-state index contributed by atoms with van der Waals surface area (Å²) in [5, 5.41) is 0. The predicted molar refractivity (Wildman–Crippen MR) is 120 cm³/mol. The molecule has 1 heterocycles. The SMILES string of the molecule is O=C1C2(CCCC2)C(c2ccccc2)=NC1(C#Cc1ccccc1)c1ccccc1. The van der Waals surface area contributed by atoms with Crippen molar-refractivity contribution < 1.29 is 4.79 Å². The van der Waals surface area contributed by atoms with Gasteiger partial charge in [-0.05, 0) is 36.1 Å². The van der Waals surface area contributed by atoms with Crippen molar-refractivity contribution >= 4 is 11.5 Å². The summed E-state index contributed by atoms with van der Waals surface area (Å²) in [7, 11) is 0. The first-order valence-electron chi connectivity index (χ1n) is 10.6. The van der Waals surface area contributed by atoms with Crippen LogP contribution in [0.15, 0.2) is 96.0 Å². The monoisotopic (exact) mass is 389 g/mol. The number of hydrogen-bond acceptors (Lipinski definition) is 2. The molecule has 2 nitrogen and oxygen atoms in total. The van der Waals surface area contributed by atoms with Crippen LogP contribution in [0.5, 0.6) is 0 Å². The first-order valence-corrected chi connectivity index (χ1v) is 10.6. The molecule has 1 aliphatic heterocycles. The number of nitrogens with zero attached hydrogens (tertiary/aromatic N) is 1. The minimum absolute atomic E-state index is 0.140. The van der Waals surface area contributed by atoms with E-state index in [0.717, 1.165) is 48.1 Å². The first kappa shape index (κ1) is 18.6. The lowest BCUT2D eigenvalue weighted by Gasteiger charge is -2.27. The molecule has 2 aliphatic rings. The lowest BCUT2D eigenvalue weighted by atomic mass is 9.70. The standard InChI is InChI=1S/C28H23NO/c30-26-27(19-10-11-20-27)25(23-14-6-2-7-15-23)29-28(26,24-16-8-3-9-17-24)21-18-22-12-4-1-5-13-22/h1-9,12-17H,10-11,19-20H2. The van der Waals surface area contributed by atoms with Gasteiger partial charge in [-0.15, -0.1) is 0 Å². The zero-order valence-electron chi connectivity index (χ0n) is 16.8. The summed E-state index contributed by atoms with van der Waals surface area (Å²) in [4.78, 5) is 19.4. The number of carbonyl (C=O) groups excluding carboxylic acids is 1. The average molecular weight is 389 g/mol. The van der Waals surface area contributed by atoms with Gasteiger partial charge in [-0.2, -0.15) is 0 Å². The first-order chi connectivity index (χ1) is 14.7. The summed E-state index contributed by atoms with van der Waals surface area (Å²) in [6, 6.07) is 29.9. The Hall–Kier alpha value is -3.44. The van der Waals surface area contributed by atoms with Crippen molar-refractivity contribution in [1.29, 1.82) is 0 Å². The third-order valence-electron chi connectivity index (χ3n) is 6.35. The second-order valence-electron chi connectivity index (χ2n) is 8.14. The van der Waals surface area contributed by atoms with Crippen LogP contribution in [0.1, 0.15) is 42.4 Å².